The van der Waals surface area contributed by atoms with Gasteiger partial charge in [0.25, 0.3) is 0 Å². The first-order valence-corrected chi connectivity index (χ1v) is 7.21. The van der Waals surface area contributed by atoms with Gasteiger partial charge >= 0.3 is 6.03 Å². The quantitative estimate of drug-likeness (QED) is 0.909. The number of urea groups is 1. The molecule has 6 heteroatoms. The van der Waals surface area contributed by atoms with Crippen LogP contribution in [-0.4, -0.2) is 42.6 Å². The maximum Gasteiger partial charge on any atom is 0.321 e. The lowest BCUT2D eigenvalue weighted by Gasteiger charge is -2.26. The Morgan fingerprint density at radius 3 is 2.78 bits per heavy atom. The third-order valence-corrected chi connectivity index (χ3v) is 3.97. The van der Waals surface area contributed by atoms with Crippen LogP contribution in [0.2, 0.25) is 5.02 Å². The lowest BCUT2D eigenvalue weighted by Crippen LogP contribution is -2.40. The zero-order valence-corrected chi connectivity index (χ0v) is 11.7. The molecule has 2 amide bonds. The average Bonchev–Trinajstić information content (AvgIpc) is 2.42. The number of methoxy groups -OCH3 is 1. The molecule has 18 heavy (non-hydrogen) atoms. The molecule has 0 unspecified atom stereocenters. The van der Waals surface area contributed by atoms with Crippen LogP contribution in [0.3, 0.4) is 0 Å². The van der Waals surface area contributed by atoms with Crippen molar-refractivity contribution in [3.05, 3.63) is 23.2 Å². The van der Waals surface area contributed by atoms with E-state index in [-0.39, 0.29) is 6.03 Å². The number of thioether (sulfide) groups is 1. The topological polar surface area (TPSA) is 41.6 Å². The molecule has 1 heterocycles. The first kappa shape index (κ1) is 13.4. The smallest absolute Gasteiger partial charge is 0.321 e. The van der Waals surface area contributed by atoms with Gasteiger partial charge in [0.05, 0.1) is 17.8 Å². The number of carbonyl (C=O) groups is 1. The Bertz CT molecular complexity index is 436. The highest BCUT2D eigenvalue weighted by Gasteiger charge is 2.17. The minimum Gasteiger partial charge on any atom is -0.497 e. The second-order valence-corrected chi connectivity index (χ2v) is 5.51. The Hall–Kier alpha value is -1.07. The second-order valence-electron chi connectivity index (χ2n) is 3.88. The van der Waals surface area contributed by atoms with Crippen LogP contribution in [0.5, 0.6) is 5.75 Å². The maximum absolute atomic E-state index is 12.0. The summed E-state index contributed by atoms with van der Waals surface area (Å²) in [4.78, 5) is 13.8. The van der Waals surface area contributed by atoms with Gasteiger partial charge in [-0.05, 0) is 12.1 Å². The van der Waals surface area contributed by atoms with Crippen molar-refractivity contribution in [2.45, 2.75) is 0 Å². The summed E-state index contributed by atoms with van der Waals surface area (Å²) < 4.78 is 5.06. The molecule has 1 N–H and O–H groups in total. The van der Waals surface area contributed by atoms with Crippen molar-refractivity contribution < 1.29 is 9.53 Å². The number of carbonyl (C=O) groups excluding carboxylic acids is 1. The molecule has 2 rings (SSSR count). The number of amides is 2. The van der Waals surface area contributed by atoms with Gasteiger partial charge in [-0.3, -0.25) is 0 Å². The fourth-order valence-electron chi connectivity index (χ4n) is 1.68. The summed E-state index contributed by atoms with van der Waals surface area (Å²) in [5.41, 5.74) is 0.612. The number of ether oxygens (including phenoxy) is 1. The Balaban J connectivity index is 2.02. The van der Waals surface area contributed by atoms with Crippen molar-refractivity contribution >= 4 is 35.1 Å². The van der Waals surface area contributed by atoms with Crippen molar-refractivity contribution in [1.82, 2.24) is 4.90 Å². The van der Waals surface area contributed by atoms with Crippen molar-refractivity contribution in [3.63, 3.8) is 0 Å². The van der Waals surface area contributed by atoms with Crippen molar-refractivity contribution in [1.29, 1.82) is 0 Å². The van der Waals surface area contributed by atoms with Crippen LogP contribution in [-0.2, 0) is 0 Å². The molecular weight excluding hydrogens is 272 g/mol. The van der Waals surface area contributed by atoms with Gasteiger partial charge in [-0.25, -0.2) is 4.79 Å². The number of benzene rings is 1. The van der Waals surface area contributed by atoms with E-state index in [1.54, 1.807) is 30.2 Å². The molecule has 0 radical (unpaired) electrons. The molecule has 4 nitrogen and oxygen atoms in total. The van der Waals surface area contributed by atoms with Crippen LogP contribution >= 0.6 is 23.4 Å². The summed E-state index contributed by atoms with van der Waals surface area (Å²) in [6, 6.07) is 5.11. The molecular formula is C12H15ClN2O2S. The molecule has 0 atom stereocenters. The molecule has 0 aromatic heterocycles. The Kier molecular flexibility index (Phi) is 4.60. The molecule has 0 spiro atoms. The fraction of sp³-hybridized carbons (Fsp3) is 0.417. The Labute approximate surface area is 116 Å². The number of halogens is 1. The third kappa shape index (κ3) is 3.23. The number of hydrogen-bond donors (Lipinski definition) is 1. The summed E-state index contributed by atoms with van der Waals surface area (Å²) >= 11 is 7.94. The van der Waals surface area contributed by atoms with Gasteiger partial charge < -0.3 is 15.0 Å². The van der Waals surface area contributed by atoms with Crippen LogP contribution in [0, 0.1) is 0 Å². The van der Waals surface area contributed by atoms with Crippen LogP contribution in [0.25, 0.3) is 0 Å². The van der Waals surface area contributed by atoms with Crippen LogP contribution in [0.15, 0.2) is 18.2 Å². The monoisotopic (exact) mass is 286 g/mol. The van der Waals surface area contributed by atoms with Gasteiger partial charge in [0, 0.05) is 30.7 Å². The summed E-state index contributed by atoms with van der Waals surface area (Å²) in [7, 11) is 1.58. The second kappa shape index (κ2) is 6.20. The van der Waals surface area contributed by atoms with E-state index in [2.05, 4.69) is 5.32 Å². The van der Waals surface area contributed by atoms with E-state index < -0.39 is 0 Å². The zero-order chi connectivity index (χ0) is 13.0. The predicted octanol–water partition coefficient (Wildman–Crippen LogP) is 2.93. The summed E-state index contributed by atoms with van der Waals surface area (Å²) in [5, 5.41) is 3.30. The molecule has 0 bridgehead atoms. The highest BCUT2D eigenvalue weighted by atomic mass is 35.5. The fourth-order valence-corrected chi connectivity index (χ4v) is 2.81. The predicted molar refractivity (Wildman–Crippen MR) is 75.9 cm³/mol. The van der Waals surface area contributed by atoms with Gasteiger partial charge in [-0.1, -0.05) is 11.6 Å². The number of nitrogens with one attached hydrogen (secondary N) is 1. The van der Waals surface area contributed by atoms with Gasteiger partial charge in [0.2, 0.25) is 0 Å². The van der Waals surface area contributed by atoms with Gasteiger partial charge in [0.1, 0.15) is 5.75 Å². The van der Waals surface area contributed by atoms with Crippen LogP contribution in [0.4, 0.5) is 10.5 Å². The minimum atomic E-state index is -0.0950. The van der Waals surface area contributed by atoms with E-state index in [4.69, 9.17) is 16.3 Å². The van der Waals surface area contributed by atoms with Crippen LogP contribution in [0.1, 0.15) is 0 Å². The SMILES string of the molecule is COc1ccc(NC(=O)N2CCSCC2)c(Cl)c1. The average molecular weight is 287 g/mol. The Morgan fingerprint density at radius 2 is 2.17 bits per heavy atom. The van der Waals surface area contributed by atoms with E-state index in [1.807, 2.05) is 11.8 Å². The summed E-state index contributed by atoms with van der Waals surface area (Å²) in [6.07, 6.45) is 0. The standard InChI is InChI=1S/C12H15ClN2O2S/c1-17-9-2-3-11(10(13)8-9)14-12(16)15-4-6-18-7-5-15/h2-3,8H,4-7H2,1H3,(H,14,16). The molecule has 1 aliphatic heterocycles. The number of hydrogen-bond acceptors (Lipinski definition) is 3. The number of rotatable bonds is 2. The van der Waals surface area contributed by atoms with E-state index in [0.717, 1.165) is 24.6 Å². The van der Waals surface area contributed by atoms with E-state index in [1.165, 1.54) is 0 Å². The highest BCUT2D eigenvalue weighted by Crippen LogP contribution is 2.27. The van der Waals surface area contributed by atoms with Gasteiger partial charge in [-0.2, -0.15) is 11.8 Å². The van der Waals surface area contributed by atoms with Crippen molar-refractivity contribution in [2.75, 3.05) is 37.0 Å². The third-order valence-electron chi connectivity index (χ3n) is 2.72. The van der Waals surface area contributed by atoms with E-state index in [9.17, 15) is 4.79 Å². The van der Waals surface area contributed by atoms with Crippen LogP contribution < -0.4 is 10.1 Å². The number of nitrogens with zero attached hydrogens (tertiary/aromatic N) is 1. The van der Waals surface area contributed by atoms with Crippen molar-refractivity contribution in [3.8, 4) is 5.75 Å². The summed E-state index contributed by atoms with van der Waals surface area (Å²) in [6.45, 7) is 1.56. The molecule has 1 aliphatic rings. The maximum atomic E-state index is 12.0. The minimum absolute atomic E-state index is 0.0950. The largest absolute Gasteiger partial charge is 0.497 e. The zero-order valence-electron chi connectivity index (χ0n) is 10.1. The van der Waals surface area contributed by atoms with Crippen molar-refractivity contribution in [2.24, 2.45) is 0 Å². The Morgan fingerprint density at radius 1 is 1.44 bits per heavy atom. The first-order chi connectivity index (χ1) is 8.70. The molecule has 0 saturated carbocycles. The van der Waals surface area contributed by atoms with E-state index in [0.29, 0.717) is 16.5 Å². The highest BCUT2D eigenvalue weighted by molar-refractivity contribution is 7.99. The first-order valence-electron chi connectivity index (χ1n) is 5.68. The van der Waals surface area contributed by atoms with E-state index >= 15 is 0 Å². The molecule has 1 aromatic rings. The number of anilines is 1. The normalized spacial score (nSPS) is 15.3. The molecule has 1 saturated heterocycles. The van der Waals surface area contributed by atoms with Gasteiger partial charge in [-0.15, -0.1) is 0 Å². The molecule has 98 valence electrons. The summed E-state index contributed by atoms with van der Waals surface area (Å²) in [5.74, 6) is 2.65. The van der Waals surface area contributed by atoms with Gasteiger partial charge in [0.15, 0.2) is 0 Å². The molecule has 0 aliphatic carbocycles. The molecule has 1 fully saturated rings. The lowest BCUT2D eigenvalue weighted by molar-refractivity contribution is 0.217. The molecule has 1 aromatic carbocycles. The lowest BCUT2D eigenvalue weighted by atomic mass is 10.3.